The number of furan rings is 1. The van der Waals surface area contributed by atoms with Gasteiger partial charge >= 0.3 is 0 Å². The predicted molar refractivity (Wildman–Crippen MR) is 131 cm³/mol. The number of rotatable bonds is 7. The average molecular weight is 479 g/mol. The van der Waals surface area contributed by atoms with E-state index in [1.807, 2.05) is 43.9 Å². The van der Waals surface area contributed by atoms with Gasteiger partial charge in [-0.3, -0.25) is 9.59 Å². The first kappa shape index (κ1) is 24.5. The Balaban J connectivity index is 1.59. The third-order valence-corrected chi connectivity index (χ3v) is 6.38. The van der Waals surface area contributed by atoms with Crippen molar-refractivity contribution in [3.8, 4) is 5.75 Å². The Morgan fingerprint density at radius 3 is 2.57 bits per heavy atom. The molecule has 0 saturated heterocycles. The molecule has 1 atom stereocenters. The highest BCUT2D eigenvalue weighted by Crippen LogP contribution is 2.38. The Morgan fingerprint density at radius 1 is 1.14 bits per heavy atom. The van der Waals surface area contributed by atoms with Crippen LogP contribution in [0.15, 0.2) is 59.0 Å². The first-order chi connectivity index (χ1) is 16.8. The number of nitrogens with zero attached hydrogens (tertiary/aromatic N) is 2. The fourth-order valence-corrected chi connectivity index (χ4v) is 4.31. The molecular formula is C28H31FN2O4. The molecule has 35 heavy (non-hydrogen) atoms. The van der Waals surface area contributed by atoms with Crippen LogP contribution < -0.4 is 4.74 Å². The lowest BCUT2D eigenvalue weighted by Gasteiger charge is -2.39. The fourth-order valence-electron chi connectivity index (χ4n) is 4.31. The van der Waals surface area contributed by atoms with Crippen LogP contribution in [0.3, 0.4) is 0 Å². The zero-order chi connectivity index (χ0) is 25.1. The first-order valence-corrected chi connectivity index (χ1v) is 11.9. The van der Waals surface area contributed by atoms with E-state index in [2.05, 4.69) is 0 Å². The van der Waals surface area contributed by atoms with E-state index in [0.29, 0.717) is 24.6 Å². The van der Waals surface area contributed by atoms with Gasteiger partial charge in [0.05, 0.1) is 6.04 Å². The van der Waals surface area contributed by atoms with Crippen LogP contribution in [0.1, 0.15) is 59.8 Å². The highest BCUT2D eigenvalue weighted by Gasteiger charge is 2.33. The molecule has 1 aliphatic heterocycles. The molecule has 1 aliphatic rings. The summed E-state index contributed by atoms with van der Waals surface area (Å²) in [4.78, 5) is 28.8. The molecule has 0 fully saturated rings. The standard InChI is InChI=1S/C28H31FN2O4/c1-5-30(4)28(33)25-13-12-23(35-25)17-34-22-11-8-19-14-15-31(27(32)18(2)3)26(24(19)16-22)20-6-9-21(29)10-7-20/h6-13,16,18,26H,5,14-15,17H2,1-4H3. The van der Waals surface area contributed by atoms with Crippen molar-refractivity contribution in [2.45, 2.75) is 39.8 Å². The van der Waals surface area contributed by atoms with Crippen molar-refractivity contribution in [3.05, 3.63) is 88.6 Å². The normalized spacial score (nSPS) is 15.1. The predicted octanol–water partition coefficient (Wildman–Crippen LogP) is 5.22. The van der Waals surface area contributed by atoms with Crippen molar-refractivity contribution in [2.75, 3.05) is 20.1 Å². The van der Waals surface area contributed by atoms with E-state index >= 15 is 0 Å². The molecule has 184 valence electrons. The van der Waals surface area contributed by atoms with Crippen LogP contribution in [0.25, 0.3) is 0 Å². The largest absolute Gasteiger partial charge is 0.486 e. The molecule has 3 aromatic rings. The minimum atomic E-state index is -0.324. The van der Waals surface area contributed by atoms with Gasteiger partial charge in [0.1, 0.15) is 23.9 Å². The molecule has 0 N–H and O–H groups in total. The summed E-state index contributed by atoms with van der Waals surface area (Å²) in [6.07, 6.45) is 0.736. The summed E-state index contributed by atoms with van der Waals surface area (Å²) in [7, 11) is 1.72. The summed E-state index contributed by atoms with van der Waals surface area (Å²) < 4.78 is 25.3. The van der Waals surface area contributed by atoms with Gasteiger partial charge in [-0.05, 0) is 66.4 Å². The Hall–Kier alpha value is -3.61. The van der Waals surface area contributed by atoms with E-state index in [0.717, 1.165) is 23.1 Å². The van der Waals surface area contributed by atoms with Crippen LogP contribution in [0.4, 0.5) is 4.39 Å². The third-order valence-electron chi connectivity index (χ3n) is 6.38. The maximum absolute atomic E-state index is 13.6. The Morgan fingerprint density at radius 2 is 1.89 bits per heavy atom. The monoisotopic (exact) mass is 478 g/mol. The van der Waals surface area contributed by atoms with Gasteiger partial charge < -0.3 is 19.0 Å². The van der Waals surface area contributed by atoms with Crippen LogP contribution in [0.5, 0.6) is 5.75 Å². The zero-order valence-electron chi connectivity index (χ0n) is 20.6. The van der Waals surface area contributed by atoms with Crippen molar-refractivity contribution in [2.24, 2.45) is 5.92 Å². The molecule has 4 rings (SSSR count). The van der Waals surface area contributed by atoms with Gasteiger partial charge in [0.15, 0.2) is 5.76 Å². The molecule has 1 aromatic heterocycles. The summed E-state index contributed by atoms with van der Waals surface area (Å²) in [5.74, 6) is 0.863. The Kier molecular flexibility index (Phi) is 7.24. The number of hydrogen-bond donors (Lipinski definition) is 0. The van der Waals surface area contributed by atoms with Crippen LogP contribution >= 0.6 is 0 Å². The molecule has 0 spiro atoms. The van der Waals surface area contributed by atoms with E-state index in [1.54, 1.807) is 36.2 Å². The van der Waals surface area contributed by atoms with Gasteiger partial charge in [0, 0.05) is 26.1 Å². The van der Waals surface area contributed by atoms with E-state index in [1.165, 1.54) is 12.1 Å². The molecular weight excluding hydrogens is 447 g/mol. The van der Waals surface area contributed by atoms with Crippen molar-refractivity contribution < 1.29 is 23.1 Å². The highest BCUT2D eigenvalue weighted by molar-refractivity contribution is 5.91. The van der Waals surface area contributed by atoms with Crippen molar-refractivity contribution in [3.63, 3.8) is 0 Å². The molecule has 1 unspecified atom stereocenters. The number of halogens is 1. The average Bonchev–Trinajstić information content (AvgIpc) is 3.35. The molecule has 0 aliphatic carbocycles. The third kappa shape index (κ3) is 5.24. The van der Waals surface area contributed by atoms with E-state index in [9.17, 15) is 14.0 Å². The fraction of sp³-hybridized carbons (Fsp3) is 0.357. The van der Waals surface area contributed by atoms with Crippen LogP contribution in [-0.2, 0) is 17.8 Å². The minimum absolute atomic E-state index is 0.0566. The molecule has 0 saturated carbocycles. The first-order valence-electron chi connectivity index (χ1n) is 11.9. The molecule has 7 heteroatoms. The van der Waals surface area contributed by atoms with Gasteiger partial charge in [0.25, 0.3) is 5.91 Å². The molecule has 2 aromatic carbocycles. The summed E-state index contributed by atoms with van der Waals surface area (Å²) in [6.45, 7) is 7.03. The SMILES string of the molecule is CCN(C)C(=O)c1ccc(COc2ccc3c(c2)C(c2ccc(F)cc2)N(C(=O)C(C)C)CC3)o1. The number of carbonyl (C=O) groups excluding carboxylic acids is 2. The van der Waals surface area contributed by atoms with Gasteiger partial charge in [-0.25, -0.2) is 4.39 Å². The number of carbonyl (C=O) groups is 2. The molecule has 0 bridgehead atoms. The van der Waals surface area contributed by atoms with Gasteiger partial charge in [-0.15, -0.1) is 0 Å². The Labute approximate surface area is 205 Å². The summed E-state index contributed by atoms with van der Waals surface area (Å²) >= 11 is 0. The molecule has 2 amide bonds. The van der Waals surface area contributed by atoms with Crippen LogP contribution in [0, 0.1) is 11.7 Å². The summed E-state index contributed by atoms with van der Waals surface area (Å²) in [5.41, 5.74) is 2.95. The van der Waals surface area contributed by atoms with E-state index in [-0.39, 0.29) is 42.0 Å². The zero-order valence-corrected chi connectivity index (χ0v) is 20.6. The second-order valence-electron chi connectivity index (χ2n) is 9.13. The maximum Gasteiger partial charge on any atom is 0.289 e. The number of amides is 2. The van der Waals surface area contributed by atoms with Crippen LogP contribution in [-0.4, -0.2) is 41.8 Å². The second-order valence-corrected chi connectivity index (χ2v) is 9.13. The van der Waals surface area contributed by atoms with Crippen LogP contribution in [0.2, 0.25) is 0 Å². The number of ether oxygens (including phenoxy) is 1. The number of fused-ring (bicyclic) bond motifs is 1. The van der Waals surface area contributed by atoms with Gasteiger partial charge in [-0.2, -0.15) is 0 Å². The van der Waals surface area contributed by atoms with Crippen molar-refractivity contribution in [1.29, 1.82) is 0 Å². The van der Waals surface area contributed by atoms with E-state index in [4.69, 9.17) is 9.15 Å². The quantitative estimate of drug-likeness (QED) is 0.467. The molecule has 2 heterocycles. The lowest BCUT2D eigenvalue weighted by molar-refractivity contribution is -0.136. The lowest BCUT2D eigenvalue weighted by Crippen LogP contribution is -2.42. The minimum Gasteiger partial charge on any atom is -0.486 e. The lowest BCUT2D eigenvalue weighted by atomic mass is 9.87. The number of hydrogen-bond acceptors (Lipinski definition) is 4. The van der Waals surface area contributed by atoms with Gasteiger partial charge in [-0.1, -0.05) is 32.0 Å². The number of benzene rings is 2. The van der Waals surface area contributed by atoms with Crippen molar-refractivity contribution >= 4 is 11.8 Å². The Bertz CT molecular complexity index is 1200. The topological polar surface area (TPSA) is 63.0 Å². The summed E-state index contributed by atoms with van der Waals surface area (Å²) in [6, 6.07) is 15.3. The van der Waals surface area contributed by atoms with E-state index < -0.39 is 0 Å². The molecule has 6 nitrogen and oxygen atoms in total. The summed E-state index contributed by atoms with van der Waals surface area (Å²) in [5, 5.41) is 0. The smallest absolute Gasteiger partial charge is 0.289 e. The second kappa shape index (κ2) is 10.3. The van der Waals surface area contributed by atoms with Gasteiger partial charge in [0.2, 0.25) is 5.91 Å². The maximum atomic E-state index is 13.6. The van der Waals surface area contributed by atoms with Crippen molar-refractivity contribution in [1.82, 2.24) is 9.80 Å². The highest BCUT2D eigenvalue weighted by atomic mass is 19.1. The molecule has 0 radical (unpaired) electrons.